The summed E-state index contributed by atoms with van der Waals surface area (Å²) in [5, 5.41) is 2.76. The summed E-state index contributed by atoms with van der Waals surface area (Å²) in [4.78, 5) is 26.8. The summed E-state index contributed by atoms with van der Waals surface area (Å²) in [6.07, 6.45) is 0. The number of likely N-dealkylation sites (N-methyl/N-ethyl adjacent to an activating group) is 1. The van der Waals surface area contributed by atoms with Crippen LogP contribution in [0.5, 0.6) is 0 Å². The molecule has 0 unspecified atom stereocenters. The van der Waals surface area contributed by atoms with Gasteiger partial charge in [-0.2, -0.15) is 0 Å². The number of thiophene rings is 1. The molecule has 0 radical (unpaired) electrons. The Morgan fingerprint density at radius 2 is 2.00 bits per heavy atom. The molecule has 0 bridgehead atoms. The van der Waals surface area contributed by atoms with Crippen LogP contribution < -0.4 is 5.32 Å². The Bertz CT molecular complexity index is 494. The van der Waals surface area contributed by atoms with Gasteiger partial charge in [-0.1, -0.05) is 20.8 Å². The van der Waals surface area contributed by atoms with Crippen LogP contribution in [0.25, 0.3) is 0 Å². The second kappa shape index (κ2) is 6.72. The minimum Gasteiger partial charge on any atom is -0.344 e. The van der Waals surface area contributed by atoms with Crippen molar-refractivity contribution in [3.8, 4) is 0 Å². The lowest BCUT2D eigenvalue weighted by molar-refractivity contribution is -0.137. The summed E-state index contributed by atoms with van der Waals surface area (Å²) >= 11 is 5.00. The number of rotatable bonds is 4. The van der Waals surface area contributed by atoms with Gasteiger partial charge in [-0.25, -0.2) is 0 Å². The predicted octanol–water partition coefficient (Wildman–Crippen LogP) is 3.02. The fourth-order valence-electron chi connectivity index (χ4n) is 1.55. The van der Waals surface area contributed by atoms with Gasteiger partial charge < -0.3 is 10.2 Å². The first-order chi connectivity index (χ1) is 9.11. The van der Waals surface area contributed by atoms with Gasteiger partial charge in [-0.3, -0.25) is 9.59 Å². The van der Waals surface area contributed by atoms with Gasteiger partial charge in [0.25, 0.3) is 0 Å². The molecular formula is C14H21BrN2O2S. The summed E-state index contributed by atoms with van der Waals surface area (Å²) in [6.45, 7) is 7.74. The van der Waals surface area contributed by atoms with Crippen LogP contribution in [0.1, 0.15) is 32.6 Å². The SMILES string of the molecule is C[C@H](NC(=O)C(C)(C)C)C(=O)N(C)Cc1ccc(Br)s1. The van der Waals surface area contributed by atoms with Crippen molar-refractivity contribution in [3.63, 3.8) is 0 Å². The molecule has 0 saturated carbocycles. The van der Waals surface area contributed by atoms with Gasteiger partial charge in [0.15, 0.2) is 0 Å². The minimum absolute atomic E-state index is 0.0906. The second-order valence-electron chi connectivity index (χ2n) is 5.85. The minimum atomic E-state index is -0.518. The third kappa shape index (κ3) is 4.90. The lowest BCUT2D eigenvalue weighted by Crippen LogP contribution is -2.48. The zero-order valence-corrected chi connectivity index (χ0v) is 14.9. The monoisotopic (exact) mass is 360 g/mol. The van der Waals surface area contributed by atoms with Crippen LogP contribution in [0.3, 0.4) is 0 Å². The van der Waals surface area contributed by atoms with Crippen molar-refractivity contribution < 1.29 is 9.59 Å². The van der Waals surface area contributed by atoms with Gasteiger partial charge in [0.1, 0.15) is 6.04 Å². The molecule has 4 nitrogen and oxygen atoms in total. The lowest BCUT2D eigenvalue weighted by Gasteiger charge is -2.25. The molecular weight excluding hydrogens is 340 g/mol. The molecule has 0 aromatic carbocycles. The van der Waals surface area contributed by atoms with E-state index in [4.69, 9.17) is 0 Å². The molecule has 1 aromatic rings. The molecule has 2 amide bonds. The van der Waals surface area contributed by atoms with Crippen molar-refractivity contribution in [1.82, 2.24) is 10.2 Å². The van der Waals surface area contributed by atoms with Gasteiger partial charge in [0.05, 0.1) is 10.3 Å². The quantitative estimate of drug-likeness (QED) is 0.896. The summed E-state index contributed by atoms with van der Waals surface area (Å²) in [5.41, 5.74) is -0.494. The van der Waals surface area contributed by atoms with E-state index in [-0.39, 0.29) is 11.8 Å². The van der Waals surface area contributed by atoms with E-state index in [9.17, 15) is 9.59 Å². The summed E-state index contributed by atoms with van der Waals surface area (Å²) < 4.78 is 1.04. The van der Waals surface area contributed by atoms with Gasteiger partial charge >= 0.3 is 0 Å². The van der Waals surface area contributed by atoms with Crippen LogP contribution in [-0.2, 0) is 16.1 Å². The first-order valence-corrected chi connectivity index (χ1v) is 8.02. The lowest BCUT2D eigenvalue weighted by atomic mass is 9.95. The van der Waals surface area contributed by atoms with Crippen LogP contribution in [0, 0.1) is 5.41 Å². The molecule has 0 aliphatic heterocycles. The second-order valence-corrected chi connectivity index (χ2v) is 8.39. The van der Waals surface area contributed by atoms with Crippen molar-refractivity contribution in [2.24, 2.45) is 5.41 Å². The highest BCUT2D eigenvalue weighted by atomic mass is 79.9. The Balaban J connectivity index is 2.58. The highest BCUT2D eigenvalue weighted by molar-refractivity contribution is 9.11. The van der Waals surface area contributed by atoms with Crippen molar-refractivity contribution in [3.05, 3.63) is 20.8 Å². The van der Waals surface area contributed by atoms with E-state index in [1.807, 2.05) is 32.9 Å². The van der Waals surface area contributed by atoms with Crippen LogP contribution in [0.4, 0.5) is 0 Å². The molecule has 1 atom stereocenters. The van der Waals surface area contributed by atoms with Crippen molar-refractivity contribution in [1.29, 1.82) is 0 Å². The van der Waals surface area contributed by atoms with Crippen molar-refractivity contribution in [2.45, 2.75) is 40.3 Å². The van der Waals surface area contributed by atoms with Crippen LogP contribution in [-0.4, -0.2) is 29.8 Å². The first kappa shape index (κ1) is 17.2. The molecule has 6 heteroatoms. The number of halogens is 1. The molecule has 112 valence electrons. The Kier molecular flexibility index (Phi) is 5.77. The molecule has 1 N–H and O–H groups in total. The molecule has 0 aliphatic rings. The molecule has 0 aliphatic carbocycles. The normalized spacial score (nSPS) is 12.9. The maximum atomic E-state index is 12.2. The maximum absolute atomic E-state index is 12.2. The summed E-state index contributed by atoms with van der Waals surface area (Å²) in [6, 6.07) is 3.43. The Labute approximate surface area is 132 Å². The molecule has 0 spiro atoms. The summed E-state index contributed by atoms with van der Waals surface area (Å²) in [7, 11) is 1.75. The maximum Gasteiger partial charge on any atom is 0.244 e. The fraction of sp³-hybridized carbons (Fsp3) is 0.571. The van der Waals surface area contributed by atoms with Crippen molar-refractivity contribution in [2.75, 3.05) is 7.05 Å². The Morgan fingerprint density at radius 1 is 1.40 bits per heavy atom. The zero-order valence-electron chi connectivity index (χ0n) is 12.5. The molecule has 0 saturated heterocycles. The number of hydrogen-bond donors (Lipinski definition) is 1. The smallest absolute Gasteiger partial charge is 0.244 e. The number of hydrogen-bond acceptors (Lipinski definition) is 3. The third-order valence-electron chi connectivity index (χ3n) is 2.80. The van der Waals surface area contributed by atoms with E-state index in [0.29, 0.717) is 6.54 Å². The van der Waals surface area contributed by atoms with Gasteiger partial charge in [-0.15, -0.1) is 11.3 Å². The fourth-order valence-corrected chi connectivity index (χ4v) is 3.09. The first-order valence-electron chi connectivity index (χ1n) is 6.41. The highest BCUT2D eigenvalue weighted by Crippen LogP contribution is 2.23. The van der Waals surface area contributed by atoms with Crippen LogP contribution >= 0.6 is 27.3 Å². The van der Waals surface area contributed by atoms with E-state index in [0.717, 1.165) is 8.66 Å². The predicted molar refractivity (Wildman–Crippen MR) is 85.6 cm³/mol. The van der Waals surface area contributed by atoms with E-state index < -0.39 is 11.5 Å². The van der Waals surface area contributed by atoms with E-state index >= 15 is 0 Å². The standard InChI is InChI=1S/C14H21BrN2O2S/c1-9(16-13(19)14(2,3)4)12(18)17(5)8-10-6-7-11(15)20-10/h6-7,9H,8H2,1-5H3,(H,16,19)/t9-/m0/s1. The Morgan fingerprint density at radius 3 is 2.45 bits per heavy atom. The van der Waals surface area contributed by atoms with Crippen LogP contribution in [0.2, 0.25) is 0 Å². The number of amides is 2. The van der Waals surface area contributed by atoms with E-state index in [1.165, 1.54) is 0 Å². The van der Waals surface area contributed by atoms with E-state index in [1.54, 1.807) is 30.2 Å². The topological polar surface area (TPSA) is 49.4 Å². The van der Waals surface area contributed by atoms with Crippen molar-refractivity contribution >= 4 is 39.1 Å². The molecule has 1 heterocycles. The molecule has 1 aromatic heterocycles. The van der Waals surface area contributed by atoms with Gasteiger partial charge in [-0.05, 0) is 35.0 Å². The van der Waals surface area contributed by atoms with Crippen LogP contribution in [0.15, 0.2) is 15.9 Å². The number of nitrogens with zero attached hydrogens (tertiary/aromatic N) is 1. The van der Waals surface area contributed by atoms with Gasteiger partial charge in [0.2, 0.25) is 11.8 Å². The number of nitrogens with one attached hydrogen (secondary N) is 1. The van der Waals surface area contributed by atoms with Gasteiger partial charge in [0, 0.05) is 17.3 Å². The molecule has 0 fully saturated rings. The number of carbonyl (C=O) groups excluding carboxylic acids is 2. The largest absolute Gasteiger partial charge is 0.344 e. The zero-order chi connectivity index (χ0) is 15.5. The summed E-state index contributed by atoms with van der Waals surface area (Å²) in [5.74, 6) is -0.210. The molecule has 1 rings (SSSR count). The van der Waals surface area contributed by atoms with E-state index in [2.05, 4.69) is 21.2 Å². The number of carbonyl (C=O) groups is 2. The average molecular weight is 361 g/mol. The molecule has 20 heavy (non-hydrogen) atoms. The Hall–Kier alpha value is -0.880. The highest BCUT2D eigenvalue weighted by Gasteiger charge is 2.26. The average Bonchev–Trinajstić information content (AvgIpc) is 2.72. The third-order valence-corrected chi connectivity index (χ3v) is 4.41.